The molecule has 1 aliphatic heterocycles. The molecule has 2 N–H and O–H groups in total. The Morgan fingerprint density at radius 1 is 1.04 bits per heavy atom. The lowest BCUT2D eigenvalue weighted by Crippen LogP contribution is -2.32. The quantitative estimate of drug-likeness (QED) is 0.746. The summed E-state index contributed by atoms with van der Waals surface area (Å²) in [5, 5.41) is 3.17. The first-order valence-electron chi connectivity index (χ1n) is 8.57. The molecule has 4 rings (SSSR count). The minimum absolute atomic E-state index is 0.563. The maximum Gasteiger partial charge on any atom is 0.228 e. The number of nitrogens with zero attached hydrogens (tertiary/aromatic N) is 5. The SMILES string of the molecule is c1cnc(Nc2cc(C3CCN(Cc4ncc[nH]4)CC3)ccn2)nc1. The number of hydrogen-bond acceptors (Lipinski definition) is 6. The Kier molecular flexibility index (Phi) is 4.65. The predicted octanol–water partition coefficient (Wildman–Crippen LogP) is 2.72. The molecule has 1 fully saturated rings. The molecule has 0 aliphatic carbocycles. The normalized spacial score (nSPS) is 16.0. The highest BCUT2D eigenvalue weighted by Crippen LogP contribution is 2.29. The van der Waals surface area contributed by atoms with Crippen molar-refractivity contribution >= 4 is 11.8 Å². The van der Waals surface area contributed by atoms with Crippen LogP contribution in [-0.2, 0) is 6.54 Å². The standard InChI is InChI=1S/C18H21N7/c1-5-22-18(23-6-1)24-16-12-15(2-7-19-16)14-3-10-25(11-4-14)13-17-20-8-9-21-17/h1-2,5-9,12,14H,3-4,10-11,13H2,(H,20,21)(H,19,22,23,24). The number of hydrogen-bond donors (Lipinski definition) is 2. The van der Waals surface area contributed by atoms with Crippen LogP contribution in [0.4, 0.5) is 11.8 Å². The summed E-state index contributed by atoms with van der Waals surface area (Å²) in [6.45, 7) is 3.06. The monoisotopic (exact) mass is 335 g/mol. The third-order valence-electron chi connectivity index (χ3n) is 4.58. The van der Waals surface area contributed by atoms with Gasteiger partial charge in [0.05, 0.1) is 6.54 Å². The summed E-state index contributed by atoms with van der Waals surface area (Å²) in [5.74, 6) is 2.96. The second-order valence-corrected chi connectivity index (χ2v) is 6.26. The van der Waals surface area contributed by atoms with E-state index in [1.807, 2.05) is 18.6 Å². The van der Waals surface area contributed by atoms with E-state index in [4.69, 9.17) is 0 Å². The van der Waals surface area contributed by atoms with E-state index in [2.05, 4.69) is 47.3 Å². The van der Waals surface area contributed by atoms with Crippen molar-refractivity contribution in [2.45, 2.75) is 25.3 Å². The van der Waals surface area contributed by atoms with Gasteiger partial charge in [-0.2, -0.15) is 0 Å². The van der Waals surface area contributed by atoms with Gasteiger partial charge in [-0.05, 0) is 55.6 Å². The highest BCUT2D eigenvalue weighted by atomic mass is 15.2. The van der Waals surface area contributed by atoms with Crippen molar-refractivity contribution in [1.82, 2.24) is 29.8 Å². The lowest BCUT2D eigenvalue weighted by atomic mass is 9.90. The molecule has 0 aromatic carbocycles. The second-order valence-electron chi connectivity index (χ2n) is 6.26. The third kappa shape index (κ3) is 4.00. The molecule has 1 aliphatic rings. The number of likely N-dealkylation sites (tertiary alicyclic amines) is 1. The van der Waals surface area contributed by atoms with Crippen molar-refractivity contribution in [3.8, 4) is 0 Å². The van der Waals surface area contributed by atoms with Crippen molar-refractivity contribution < 1.29 is 0 Å². The van der Waals surface area contributed by atoms with Crippen LogP contribution in [0, 0.1) is 0 Å². The number of pyridine rings is 1. The van der Waals surface area contributed by atoms with E-state index >= 15 is 0 Å². The van der Waals surface area contributed by atoms with Gasteiger partial charge >= 0.3 is 0 Å². The van der Waals surface area contributed by atoms with E-state index in [9.17, 15) is 0 Å². The minimum atomic E-state index is 0.563. The van der Waals surface area contributed by atoms with E-state index in [1.54, 1.807) is 18.5 Å². The van der Waals surface area contributed by atoms with Gasteiger partial charge in [0.2, 0.25) is 5.95 Å². The first kappa shape index (κ1) is 15.7. The van der Waals surface area contributed by atoms with Crippen LogP contribution < -0.4 is 5.32 Å². The molecule has 0 unspecified atom stereocenters. The zero-order chi connectivity index (χ0) is 16.9. The molecule has 0 spiro atoms. The number of nitrogens with one attached hydrogen (secondary N) is 2. The summed E-state index contributed by atoms with van der Waals surface area (Å²) in [7, 11) is 0. The van der Waals surface area contributed by atoms with Crippen molar-refractivity contribution in [3.05, 3.63) is 60.6 Å². The summed E-state index contributed by atoms with van der Waals surface area (Å²) in [4.78, 5) is 22.7. The second kappa shape index (κ2) is 7.40. The van der Waals surface area contributed by atoms with Crippen molar-refractivity contribution in [1.29, 1.82) is 0 Å². The Morgan fingerprint density at radius 3 is 2.64 bits per heavy atom. The number of piperidine rings is 1. The number of aromatic amines is 1. The Labute approximate surface area is 146 Å². The summed E-state index contributed by atoms with van der Waals surface area (Å²) in [6.07, 6.45) is 11.3. The fraction of sp³-hybridized carbons (Fsp3) is 0.333. The third-order valence-corrected chi connectivity index (χ3v) is 4.58. The van der Waals surface area contributed by atoms with Crippen LogP contribution in [0.15, 0.2) is 49.2 Å². The molecule has 7 nitrogen and oxygen atoms in total. The molecular formula is C18H21N7. The van der Waals surface area contributed by atoms with Crippen LogP contribution >= 0.6 is 0 Å². The Bertz CT molecular complexity index is 780. The van der Waals surface area contributed by atoms with Gasteiger partial charge in [0.15, 0.2) is 0 Å². The largest absolute Gasteiger partial charge is 0.348 e. The summed E-state index contributed by atoms with van der Waals surface area (Å²) in [6, 6.07) is 6.03. The lowest BCUT2D eigenvalue weighted by Gasteiger charge is -2.31. The number of imidazole rings is 1. The first-order chi connectivity index (χ1) is 12.4. The molecule has 1 saturated heterocycles. The predicted molar refractivity (Wildman–Crippen MR) is 95.4 cm³/mol. The first-order valence-corrected chi connectivity index (χ1v) is 8.57. The van der Waals surface area contributed by atoms with Crippen LogP contribution in [-0.4, -0.2) is 42.9 Å². The van der Waals surface area contributed by atoms with Gasteiger partial charge in [0.1, 0.15) is 11.6 Å². The molecule has 0 bridgehead atoms. The molecule has 0 radical (unpaired) electrons. The van der Waals surface area contributed by atoms with Crippen LogP contribution in [0.1, 0.15) is 30.1 Å². The van der Waals surface area contributed by atoms with E-state index in [-0.39, 0.29) is 0 Å². The fourth-order valence-electron chi connectivity index (χ4n) is 3.27. The zero-order valence-electron chi connectivity index (χ0n) is 14.0. The molecular weight excluding hydrogens is 314 g/mol. The van der Waals surface area contributed by atoms with Crippen molar-refractivity contribution in [2.75, 3.05) is 18.4 Å². The number of anilines is 2. The average molecular weight is 335 g/mol. The lowest BCUT2D eigenvalue weighted by molar-refractivity contribution is 0.200. The van der Waals surface area contributed by atoms with Crippen LogP contribution in [0.5, 0.6) is 0 Å². The highest BCUT2D eigenvalue weighted by Gasteiger charge is 2.21. The van der Waals surface area contributed by atoms with Crippen LogP contribution in [0.25, 0.3) is 0 Å². The summed E-state index contributed by atoms with van der Waals surface area (Å²) in [5.41, 5.74) is 1.33. The number of H-pyrrole nitrogens is 1. The Morgan fingerprint density at radius 2 is 1.88 bits per heavy atom. The van der Waals surface area contributed by atoms with Crippen molar-refractivity contribution in [2.24, 2.45) is 0 Å². The number of aromatic nitrogens is 5. The Hall–Kier alpha value is -2.80. The van der Waals surface area contributed by atoms with Gasteiger partial charge < -0.3 is 10.3 Å². The summed E-state index contributed by atoms with van der Waals surface area (Å²) >= 11 is 0. The smallest absolute Gasteiger partial charge is 0.228 e. The highest BCUT2D eigenvalue weighted by molar-refractivity contribution is 5.48. The average Bonchev–Trinajstić information content (AvgIpc) is 3.16. The molecule has 0 saturated carbocycles. The molecule has 3 aromatic heterocycles. The maximum absolute atomic E-state index is 4.38. The van der Waals surface area contributed by atoms with E-state index in [0.717, 1.165) is 44.1 Å². The number of rotatable bonds is 5. The summed E-state index contributed by atoms with van der Waals surface area (Å²) < 4.78 is 0. The van der Waals surface area contributed by atoms with Gasteiger partial charge in [0.25, 0.3) is 0 Å². The van der Waals surface area contributed by atoms with Crippen LogP contribution in [0.3, 0.4) is 0 Å². The van der Waals surface area contributed by atoms with Gasteiger partial charge in [-0.15, -0.1) is 0 Å². The molecule has 25 heavy (non-hydrogen) atoms. The van der Waals surface area contributed by atoms with Gasteiger partial charge in [-0.1, -0.05) is 0 Å². The van der Waals surface area contributed by atoms with Crippen LogP contribution in [0.2, 0.25) is 0 Å². The molecule has 3 aromatic rings. The molecule has 0 atom stereocenters. The van der Waals surface area contributed by atoms with Gasteiger partial charge in [-0.3, -0.25) is 4.90 Å². The van der Waals surface area contributed by atoms with E-state index in [0.29, 0.717) is 11.9 Å². The topological polar surface area (TPSA) is 82.6 Å². The maximum atomic E-state index is 4.38. The molecule has 0 amide bonds. The van der Waals surface area contributed by atoms with Gasteiger partial charge in [-0.25, -0.2) is 19.9 Å². The van der Waals surface area contributed by atoms with Gasteiger partial charge in [0, 0.05) is 31.0 Å². The fourth-order valence-corrected chi connectivity index (χ4v) is 3.27. The Balaban J connectivity index is 1.37. The molecule has 7 heteroatoms. The zero-order valence-corrected chi connectivity index (χ0v) is 14.0. The minimum Gasteiger partial charge on any atom is -0.348 e. The van der Waals surface area contributed by atoms with Crippen molar-refractivity contribution in [3.63, 3.8) is 0 Å². The molecule has 128 valence electrons. The van der Waals surface area contributed by atoms with E-state index in [1.165, 1.54) is 5.56 Å². The van der Waals surface area contributed by atoms with E-state index < -0.39 is 0 Å². The molecule has 4 heterocycles.